The van der Waals surface area contributed by atoms with E-state index in [1.165, 1.54) is 0 Å². The van der Waals surface area contributed by atoms with Crippen molar-refractivity contribution in [2.75, 3.05) is 0 Å². The van der Waals surface area contributed by atoms with Crippen molar-refractivity contribution in [2.45, 2.75) is 90.6 Å². The molecule has 0 amide bonds. The Morgan fingerprint density at radius 1 is 0.968 bits per heavy atom. The zero-order chi connectivity index (χ0) is 23.1. The Bertz CT molecular complexity index is 1070. The molecule has 0 spiro atoms. The fourth-order valence-electron chi connectivity index (χ4n) is 5.43. The second-order valence-corrected chi connectivity index (χ2v) is 16.8. The molecule has 0 aliphatic carbocycles. The average Bonchev–Trinajstić information content (AvgIpc) is 3.09. The number of pyridine rings is 1. The maximum atomic E-state index is 13.1. The number of para-hydroxylation sites is 1. The Morgan fingerprint density at radius 2 is 1.55 bits per heavy atom. The van der Waals surface area contributed by atoms with E-state index in [9.17, 15) is 4.79 Å². The molecule has 0 radical (unpaired) electrons. The number of hydrogen-bond donors (Lipinski definition) is 0. The molecule has 3 aromatic rings. The third-order valence-electron chi connectivity index (χ3n) is 6.90. The summed E-state index contributed by atoms with van der Waals surface area (Å²) in [6.07, 6.45) is 1.51. The van der Waals surface area contributed by atoms with Crippen LogP contribution in [0, 0.1) is 0 Å². The SMILES string of the molecule is CC(C)[Si](Cc1nc2ccccc2c2ccn(C(=O)OC(C)(C)C)c12)(C(C)C)C(C)C. The monoisotopic (exact) mass is 438 g/mol. The van der Waals surface area contributed by atoms with Crippen molar-refractivity contribution in [3.8, 4) is 0 Å². The number of carbonyl (C=O) groups is 1. The summed E-state index contributed by atoms with van der Waals surface area (Å²) in [4.78, 5) is 18.3. The number of fused-ring (bicyclic) bond motifs is 3. The van der Waals surface area contributed by atoms with Crippen molar-refractivity contribution in [3.63, 3.8) is 0 Å². The number of ether oxygens (including phenoxy) is 1. The van der Waals surface area contributed by atoms with Gasteiger partial charge in [-0.05, 0) is 38.9 Å². The zero-order valence-electron chi connectivity index (χ0n) is 20.6. The summed E-state index contributed by atoms with van der Waals surface area (Å²) in [5.41, 5.74) is 4.22. The summed E-state index contributed by atoms with van der Waals surface area (Å²) in [5.74, 6) is 0. The Kier molecular flexibility index (Phi) is 6.39. The molecule has 0 atom stereocenters. The first kappa shape index (κ1) is 23.5. The lowest BCUT2D eigenvalue weighted by atomic mass is 10.1. The summed E-state index contributed by atoms with van der Waals surface area (Å²) in [6.45, 7) is 19.9. The molecule has 2 aromatic heterocycles. The maximum absolute atomic E-state index is 13.1. The molecule has 31 heavy (non-hydrogen) atoms. The van der Waals surface area contributed by atoms with Gasteiger partial charge < -0.3 is 4.74 Å². The Balaban J connectivity index is 2.30. The lowest BCUT2D eigenvalue weighted by Crippen LogP contribution is -2.47. The number of hydrogen-bond acceptors (Lipinski definition) is 3. The van der Waals surface area contributed by atoms with Crippen LogP contribution in [0.15, 0.2) is 36.5 Å². The molecular weight excluding hydrogens is 400 g/mol. The van der Waals surface area contributed by atoms with Gasteiger partial charge >= 0.3 is 6.09 Å². The predicted molar refractivity (Wildman–Crippen MR) is 134 cm³/mol. The van der Waals surface area contributed by atoms with Gasteiger partial charge in [-0.15, -0.1) is 0 Å². The molecule has 3 rings (SSSR count). The summed E-state index contributed by atoms with van der Waals surface area (Å²) >= 11 is 0. The van der Waals surface area contributed by atoms with Crippen LogP contribution in [0.2, 0.25) is 16.6 Å². The van der Waals surface area contributed by atoms with Crippen LogP contribution >= 0.6 is 0 Å². The Morgan fingerprint density at radius 3 is 2.10 bits per heavy atom. The second-order valence-electron chi connectivity index (χ2n) is 10.8. The summed E-state index contributed by atoms with van der Waals surface area (Å²) < 4.78 is 7.41. The summed E-state index contributed by atoms with van der Waals surface area (Å²) in [6, 6.07) is 11.2. The van der Waals surface area contributed by atoms with Gasteiger partial charge in [-0.25, -0.2) is 4.79 Å². The Labute approximate surface area is 188 Å². The highest BCUT2D eigenvalue weighted by molar-refractivity contribution is 6.83. The topological polar surface area (TPSA) is 44.1 Å². The predicted octanol–water partition coefficient (Wildman–Crippen LogP) is 7.73. The van der Waals surface area contributed by atoms with Gasteiger partial charge in [0.15, 0.2) is 0 Å². The van der Waals surface area contributed by atoms with E-state index in [1.54, 1.807) is 4.57 Å². The normalized spacial score (nSPS) is 13.2. The number of carbonyl (C=O) groups excluding carboxylic acids is 1. The molecule has 0 aliphatic rings. The minimum Gasteiger partial charge on any atom is -0.443 e. The molecule has 0 bridgehead atoms. The van der Waals surface area contributed by atoms with E-state index in [0.717, 1.165) is 33.5 Å². The average molecular weight is 439 g/mol. The first-order valence-corrected chi connectivity index (χ1v) is 13.9. The lowest BCUT2D eigenvalue weighted by molar-refractivity contribution is 0.0544. The van der Waals surface area contributed by atoms with Crippen molar-refractivity contribution in [1.82, 2.24) is 9.55 Å². The van der Waals surface area contributed by atoms with Crippen molar-refractivity contribution < 1.29 is 9.53 Å². The fourth-order valence-corrected chi connectivity index (χ4v) is 11.5. The quantitative estimate of drug-likeness (QED) is 0.383. The van der Waals surface area contributed by atoms with Gasteiger partial charge in [0.05, 0.1) is 24.8 Å². The molecule has 4 nitrogen and oxygen atoms in total. The van der Waals surface area contributed by atoms with E-state index in [4.69, 9.17) is 9.72 Å². The van der Waals surface area contributed by atoms with Crippen LogP contribution < -0.4 is 0 Å². The van der Waals surface area contributed by atoms with Crippen LogP contribution in [-0.2, 0) is 10.8 Å². The van der Waals surface area contributed by atoms with E-state index in [2.05, 4.69) is 53.7 Å². The molecular formula is C26H38N2O2Si. The van der Waals surface area contributed by atoms with E-state index < -0.39 is 13.7 Å². The second kappa shape index (κ2) is 8.42. The van der Waals surface area contributed by atoms with Crippen molar-refractivity contribution in [1.29, 1.82) is 0 Å². The highest BCUT2D eigenvalue weighted by Crippen LogP contribution is 2.44. The van der Waals surface area contributed by atoms with E-state index in [-0.39, 0.29) is 6.09 Å². The van der Waals surface area contributed by atoms with Gasteiger partial charge in [0, 0.05) is 17.0 Å². The standard InChI is InChI=1S/C26H38N2O2Si/c1-17(2)31(18(3)4,19(5)6)16-23-24-21(20-12-10-11-13-22(20)27-23)14-15-28(24)25(29)30-26(7,8)9/h10-15,17-19H,16H2,1-9H3. The third kappa shape index (κ3) is 4.29. The van der Waals surface area contributed by atoms with Gasteiger partial charge in [0.25, 0.3) is 0 Å². The third-order valence-corrected chi connectivity index (χ3v) is 14.3. The zero-order valence-corrected chi connectivity index (χ0v) is 21.6. The maximum Gasteiger partial charge on any atom is 0.419 e. The summed E-state index contributed by atoms with van der Waals surface area (Å²) in [7, 11) is -1.78. The van der Waals surface area contributed by atoms with Gasteiger partial charge in [-0.1, -0.05) is 76.4 Å². The molecule has 168 valence electrons. The van der Waals surface area contributed by atoms with E-state index >= 15 is 0 Å². The molecule has 0 fully saturated rings. The largest absolute Gasteiger partial charge is 0.443 e. The van der Waals surface area contributed by atoms with Crippen LogP contribution in [0.5, 0.6) is 0 Å². The van der Waals surface area contributed by atoms with Gasteiger partial charge in [-0.2, -0.15) is 0 Å². The molecule has 0 saturated carbocycles. The molecule has 0 aliphatic heterocycles. The molecule has 0 saturated heterocycles. The van der Waals surface area contributed by atoms with E-state index in [0.29, 0.717) is 16.6 Å². The van der Waals surface area contributed by atoms with Crippen molar-refractivity contribution in [2.24, 2.45) is 0 Å². The van der Waals surface area contributed by atoms with Gasteiger partial charge in [-0.3, -0.25) is 9.55 Å². The number of nitrogens with zero attached hydrogens (tertiary/aromatic N) is 2. The minimum atomic E-state index is -1.78. The molecule has 2 heterocycles. The van der Waals surface area contributed by atoms with Gasteiger partial charge in [0.1, 0.15) is 5.60 Å². The highest BCUT2D eigenvalue weighted by Gasteiger charge is 2.43. The minimum absolute atomic E-state index is 0.341. The fraction of sp³-hybridized carbons (Fsp3) is 0.538. The van der Waals surface area contributed by atoms with Crippen LogP contribution in [0.1, 0.15) is 68.0 Å². The molecule has 1 aromatic carbocycles. The molecule has 0 N–H and O–H groups in total. The van der Waals surface area contributed by atoms with Crippen LogP contribution in [0.3, 0.4) is 0 Å². The van der Waals surface area contributed by atoms with Crippen molar-refractivity contribution in [3.05, 3.63) is 42.2 Å². The molecule has 0 unspecified atom stereocenters. The number of rotatable bonds is 5. The van der Waals surface area contributed by atoms with Gasteiger partial charge in [0.2, 0.25) is 0 Å². The van der Waals surface area contributed by atoms with Crippen LogP contribution in [0.25, 0.3) is 21.8 Å². The Hall–Kier alpha value is -2.14. The first-order chi connectivity index (χ1) is 14.4. The van der Waals surface area contributed by atoms with Crippen LogP contribution in [-0.4, -0.2) is 29.3 Å². The molecule has 5 heteroatoms. The van der Waals surface area contributed by atoms with E-state index in [1.807, 2.05) is 45.2 Å². The number of benzene rings is 1. The smallest absolute Gasteiger partial charge is 0.419 e. The summed E-state index contributed by atoms with van der Waals surface area (Å²) in [5, 5.41) is 2.15. The number of aromatic nitrogens is 2. The van der Waals surface area contributed by atoms with Crippen LogP contribution in [0.4, 0.5) is 4.79 Å². The highest BCUT2D eigenvalue weighted by atomic mass is 28.3. The van der Waals surface area contributed by atoms with Crippen molar-refractivity contribution >= 4 is 36.0 Å². The lowest BCUT2D eigenvalue weighted by Gasteiger charge is -2.43. The first-order valence-electron chi connectivity index (χ1n) is 11.5.